The molecule has 0 aromatic heterocycles. The highest BCUT2D eigenvalue weighted by molar-refractivity contribution is 7.63. The topological polar surface area (TPSA) is 183 Å². The molecule has 0 bridgehead atoms. The number of carbonyl (C=O) groups is 4. The van der Waals surface area contributed by atoms with Crippen LogP contribution in [0.25, 0.3) is 0 Å². The minimum atomic E-state index is -4.49. The number of nitrogens with one attached hydrogen (secondary N) is 2. The van der Waals surface area contributed by atoms with Gasteiger partial charge in [0.1, 0.15) is 49.7 Å². The normalized spacial score (nSPS) is 12.8. The second-order valence-corrected chi connectivity index (χ2v) is 22.0. The van der Waals surface area contributed by atoms with E-state index in [1.807, 2.05) is 121 Å². The molecule has 2 atom stereocenters. The summed E-state index contributed by atoms with van der Waals surface area (Å²) in [5, 5.41) is 5.55. The third-order valence-electron chi connectivity index (χ3n) is 11.3. The maximum atomic E-state index is 15.8. The van der Waals surface area contributed by atoms with Crippen molar-refractivity contribution in [2.75, 3.05) is 0 Å². The predicted octanol–water partition coefficient (Wildman–Crippen LogP) is 12.2. The van der Waals surface area contributed by atoms with Crippen LogP contribution in [0.5, 0.6) is 23.0 Å². The van der Waals surface area contributed by atoms with E-state index in [1.54, 1.807) is 108 Å². The lowest BCUT2D eigenvalue weighted by atomic mass is 10.1. The lowest BCUT2D eigenvalue weighted by Crippen LogP contribution is -2.45. The number of hydrogen-bond acceptors (Lipinski definition) is 13. The summed E-state index contributed by atoms with van der Waals surface area (Å²) in [4.78, 5) is 53.9. The van der Waals surface area contributed by atoms with Gasteiger partial charge in [-0.25, -0.2) is 23.7 Å². The Labute approximate surface area is 455 Å². The minimum absolute atomic E-state index is 0.0265. The Kier molecular flexibility index (Phi) is 19.8. The summed E-state index contributed by atoms with van der Waals surface area (Å²) in [5.74, 6) is -1.07. The number of ether oxygens (including phenoxy) is 6. The van der Waals surface area contributed by atoms with E-state index in [2.05, 4.69) is 10.6 Å². The molecule has 0 aliphatic rings. The first-order valence-electron chi connectivity index (χ1n) is 25.4. The van der Waals surface area contributed by atoms with E-state index in [-0.39, 0.29) is 67.6 Å². The van der Waals surface area contributed by atoms with Crippen LogP contribution >= 0.6 is 7.60 Å². The van der Waals surface area contributed by atoms with Crippen LogP contribution in [0.4, 0.5) is 9.59 Å². The third-order valence-corrected chi connectivity index (χ3v) is 13.1. The molecular weight excluding hydrogens is 1010 g/mol. The van der Waals surface area contributed by atoms with E-state index in [0.29, 0.717) is 11.1 Å². The summed E-state index contributed by atoms with van der Waals surface area (Å²) in [5.41, 5.74) is 2.49. The maximum Gasteiger partial charge on any atom is 0.463 e. The first-order valence-corrected chi connectivity index (χ1v) is 26.9. The quantitative estimate of drug-likeness (QED) is 0.0351. The number of carbonyl (C=O) groups excluding carboxylic acids is 4. The Bertz CT molecular complexity index is 2930. The Hall–Kier alpha value is -8.55. The Morgan fingerprint density at radius 2 is 0.731 bits per heavy atom. The molecule has 0 heterocycles. The molecule has 15 nitrogen and oxygen atoms in total. The van der Waals surface area contributed by atoms with Crippen molar-refractivity contribution in [3.63, 3.8) is 0 Å². The summed E-state index contributed by atoms with van der Waals surface area (Å²) in [7, 11) is -4.49. The first-order chi connectivity index (χ1) is 37.4. The van der Waals surface area contributed by atoms with E-state index in [4.69, 9.17) is 37.5 Å². The van der Waals surface area contributed by atoms with Crippen LogP contribution in [-0.4, -0.2) is 47.4 Å². The molecule has 2 unspecified atom stereocenters. The van der Waals surface area contributed by atoms with Crippen LogP contribution in [-0.2, 0) is 72.4 Å². The molecule has 7 aromatic carbocycles. The lowest BCUT2D eigenvalue weighted by molar-refractivity contribution is -0.148. The smallest absolute Gasteiger partial charge is 0.463 e. The number of esters is 2. The second-order valence-electron chi connectivity index (χ2n) is 20.1. The molecule has 0 radical (unpaired) electrons. The van der Waals surface area contributed by atoms with Crippen LogP contribution in [0.3, 0.4) is 0 Å². The summed E-state index contributed by atoms with van der Waals surface area (Å²) in [6.07, 6.45) is -1.75. The zero-order valence-electron chi connectivity index (χ0n) is 44.5. The molecule has 0 saturated heterocycles. The van der Waals surface area contributed by atoms with E-state index in [0.717, 1.165) is 22.3 Å². The van der Waals surface area contributed by atoms with Crippen molar-refractivity contribution >= 4 is 37.0 Å². The predicted molar refractivity (Wildman–Crippen MR) is 296 cm³/mol. The summed E-state index contributed by atoms with van der Waals surface area (Å²) >= 11 is 0. The van der Waals surface area contributed by atoms with Crippen molar-refractivity contribution in [3.05, 3.63) is 221 Å². The van der Waals surface area contributed by atoms with Gasteiger partial charge in [-0.2, -0.15) is 0 Å². The van der Waals surface area contributed by atoms with Gasteiger partial charge in [0.2, 0.25) is 0 Å². The highest BCUT2D eigenvalue weighted by Crippen LogP contribution is 2.52. The van der Waals surface area contributed by atoms with Crippen molar-refractivity contribution in [2.45, 2.75) is 104 Å². The molecule has 78 heavy (non-hydrogen) atoms. The number of amides is 2. The number of rotatable bonds is 23. The summed E-state index contributed by atoms with van der Waals surface area (Å²) in [6.45, 7) is 10.4. The molecule has 406 valence electrons. The van der Waals surface area contributed by atoms with Crippen molar-refractivity contribution in [2.24, 2.45) is 0 Å². The van der Waals surface area contributed by atoms with Gasteiger partial charge in [-0.05, 0) is 111 Å². The fourth-order valence-corrected chi connectivity index (χ4v) is 9.22. The molecule has 0 fully saturated rings. The van der Waals surface area contributed by atoms with Crippen molar-refractivity contribution < 1.29 is 61.2 Å². The summed E-state index contributed by atoms with van der Waals surface area (Å²) < 4.78 is 64.2. The van der Waals surface area contributed by atoms with E-state index in [9.17, 15) is 19.2 Å². The number of hydrogen-bond donors (Lipinski definition) is 2. The molecule has 0 spiro atoms. The van der Waals surface area contributed by atoms with Crippen LogP contribution in [0, 0.1) is 0 Å². The van der Waals surface area contributed by atoms with Crippen molar-refractivity contribution in [1.82, 2.24) is 10.6 Å². The van der Waals surface area contributed by atoms with Crippen LogP contribution in [0.2, 0.25) is 0 Å². The number of alkyl carbamates (subject to hydrolysis) is 2. The van der Waals surface area contributed by atoms with E-state index < -0.39 is 55.0 Å². The monoisotopic (exact) mass is 1080 g/mol. The molecule has 7 rings (SSSR count). The highest BCUT2D eigenvalue weighted by atomic mass is 31.2. The van der Waals surface area contributed by atoms with E-state index >= 15 is 4.57 Å². The maximum absolute atomic E-state index is 15.8. The Balaban J connectivity index is 1.23. The number of benzene rings is 7. The highest BCUT2D eigenvalue weighted by Gasteiger charge is 2.35. The van der Waals surface area contributed by atoms with Gasteiger partial charge in [-0.1, -0.05) is 152 Å². The lowest BCUT2D eigenvalue weighted by Gasteiger charge is -2.25. The van der Waals surface area contributed by atoms with Gasteiger partial charge >= 0.3 is 31.7 Å². The van der Waals surface area contributed by atoms with Crippen LogP contribution < -0.4 is 34.5 Å². The average molecular weight is 1080 g/mol. The largest absolute Gasteiger partial charge is 0.485 e. The van der Waals surface area contributed by atoms with Gasteiger partial charge in [0.15, 0.2) is 23.0 Å². The molecule has 2 amide bonds. The molecule has 7 aromatic rings. The Morgan fingerprint density at radius 1 is 0.410 bits per heavy atom. The van der Waals surface area contributed by atoms with Crippen molar-refractivity contribution in [1.29, 1.82) is 0 Å². The molecule has 2 N–H and O–H groups in total. The molecule has 0 saturated carbocycles. The minimum Gasteiger partial charge on any atom is -0.485 e. The Morgan fingerprint density at radius 3 is 1.06 bits per heavy atom. The van der Waals surface area contributed by atoms with Gasteiger partial charge < -0.3 is 48.1 Å². The zero-order valence-corrected chi connectivity index (χ0v) is 45.4. The third kappa shape index (κ3) is 18.3. The van der Waals surface area contributed by atoms with Gasteiger partial charge in [-0.3, -0.25) is 0 Å². The molecule has 16 heteroatoms. The van der Waals surface area contributed by atoms with Gasteiger partial charge in [0, 0.05) is 12.8 Å². The molecular formula is C62H65N2O13P. The fourth-order valence-electron chi connectivity index (χ4n) is 7.62. The average Bonchev–Trinajstić information content (AvgIpc) is 3.44. The summed E-state index contributed by atoms with van der Waals surface area (Å²) in [6, 6.07) is 52.8. The van der Waals surface area contributed by atoms with Gasteiger partial charge in [0.05, 0.1) is 5.30 Å². The standard InChI is InChI=1S/C62H65N2O13P/c1-61(2,3)74-59(67)63-51(57(65)72-42-46-26-16-9-17-27-46)36-48-32-34-53(55(38-48)70-40-44-22-12-7-13-23-44)76-78(69,50-30-20-11-21-31-50)77-54-35-33-49(39-56(54)71-41-45-24-14-8-15-25-45)37-52(64-60(68)75-62(4,5)6)58(66)73-43-47-28-18-10-19-29-47/h7-35,38-39,51-52H,36-37,40-43H2,1-6H3,(H,63,67)(H,64,68). The fraction of sp³-hybridized carbons (Fsp3) is 0.258. The van der Waals surface area contributed by atoms with Crippen LogP contribution in [0.15, 0.2) is 188 Å². The zero-order chi connectivity index (χ0) is 55.5. The van der Waals surface area contributed by atoms with Gasteiger partial charge in [0.25, 0.3) is 0 Å². The van der Waals surface area contributed by atoms with Crippen molar-refractivity contribution in [3.8, 4) is 23.0 Å². The first kappa shape index (κ1) is 57.2. The molecule has 0 aliphatic heterocycles. The van der Waals surface area contributed by atoms with Crippen LogP contribution in [0.1, 0.15) is 74.9 Å². The second kappa shape index (κ2) is 27.0. The molecule has 0 aliphatic carbocycles. The van der Waals surface area contributed by atoms with Gasteiger partial charge in [-0.15, -0.1) is 0 Å². The van der Waals surface area contributed by atoms with E-state index in [1.165, 1.54) is 0 Å². The SMILES string of the molecule is CC(C)(C)OC(=O)NC(Cc1ccc(OP(=O)(Oc2ccc(CC(NC(=O)OC(C)(C)C)C(=O)OCc3ccccc3)cc2OCc2ccccc2)c2ccccc2)c(OCc2ccccc2)c1)C(=O)OCc1ccccc1.